The highest BCUT2D eigenvalue weighted by Crippen LogP contribution is 2.27. The lowest BCUT2D eigenvalue weighted by molar-refractivity contribution is 0.628. The molecule has 1 aromatic heterocycles. The van der Waals surface area contributed by atoms with Crippen LogP contribution in [0.4, 0.5) is 4.39 Å². The van der Waals surface area contributed by atoms with Crippen LogP contribution in [-0.4, -0.2) is 4.98 Å². The Kier molecular flexibility index (Phi) is 2.48. The lowest BCUT2D eigenvalue weighted by Crippen LogP contribution is -1.80. The minimum absolute atomic E-state index is 0.293. The van der Waals surface area contributed by atoms with E-state index in [0.29, 0.717) is 16.3 Å². The Bertz CT molecular complexity index is 540. The third-order valence-electron chi connectivity index (χ3n) is 1.97. The molecule has 0 atom stereocenters. The summed E-state index contributed by atoms with van der Waals surface area (Å²) in [6.07, 6.45) is 0. The lowest BCUT2D eigenvalue weighted by Gasteiger charge is -1.94. The van der Waals surface area contributed by atoms with Gasteiger partial charge in [-0.15, -0.1) is 11.3 Å². The van der Waals surface area contributed by atoms with Crippen molar-refractivity contribution in [3.05, 3.63) is 40.7 Å². The van der Waals surface area contributed by atoms with Gasteiger partial charge in [-0.25, -0.2) is 9.37 Å². The average Bonchev–Trinajstić information content (AvgIpc) is 2.60. The quantitative estimate of drug-likeness (QED) is 0.737. The Labute approximate surface area is 90.6 Å². The van der Waals surface area contributed by atoms with Gasteiger partial charge in [0.2, 0.25) is 0 Å². The van der Waals surface area contributed by atoms with Gasteiger partial charge in [0, 0.05) is 10.4 Å². The molecule has 0 aliphatic heterocycles. The number of thiazole rings is 1. The van der Waals surface area contributed by atoms with E-state index in [0.717, 1.165) is 4.88 Å². The highest BCUT2D eigenvalue weighted by atomic mass is 32.1. The summed E-state index contributed by atoms with van der Waals surface area (Å²) in [6, 6.07) is 8.22. The zero-order valence-electron chi connectivity index (χ0n) is 7.99. The molecule has 0 aliphatic rings. The molecule has 74 valence electrons. The molecule has 15 heavy (non-hydrogen) atoms. The SMILES string of the molecule is Cc1sc(-c2cccc(F)c2)nc1C#N. The van der Waals surface area contributed by atoms with Gasteiger partial charge in [-0.3, -0.25) is 0 Å². The molecule has 1 aromatic carbocycles. The van der Waals surface area contributed by atoms with Gasteiger partial charge < -0.3 is 0 Å². The fraction of sp³-hybridized carbons (Fsp3) is 0.0909. The standard InChI is InChI=1S/C11H7FN2S/c1-7-10(6-13)14-11(15-7)8-3-2-4-9(12)5-8/h2-5H,1H3. The van der Waals surface area contributed by atoms with Gasteiger partial charge in [-0.1, -0.05) is 12.1 Å². The van der Waals surface area contributed by atoms with Gasteiger partial charge >= 0.3 is 0 Å². The molecular formula is C11H7FN2S. The van der Waals surface area contributed by atoms with Crippen molar-refractivity contribution in [3.63, 3.8) is 0 Å². The van der Waals surface area contributed by atoms with E-state index in [1.807, 2.05) is 13.0 Å². The predicted octanol–water partition coefficient (Wildman–Crippen LogP) is 3.13. The Morgan fingerprint density at radius 2 is 2.27 bits per heavy atom. The molecule has 1 heterocycles. The van der Waals surface area contributed by atoms with Gasteiger partial charge in [-0.2, -0.15) is 5.26 Å². The summed E-state index contributed by atoms with van der Waals surface area (Å²) in [5.74, 6) is -0.293. The maximum absolute atomic E-state index is 13.0. The summed E-state index contributed by atoms with van der Waals surface area (Å²) >= 11 is 1.40. The zero-order valence-corrected chi connectivity index (χ0v) is 8.81. The molecule has 0 spiro atoms. The van der Waals surface area contributed by atoms with Gasteiger partial charge in [0.15, 0.2) is 5.69 Å². The van der Waals surface area contributed by atoms with Gasteiger partial charge in [0.05, 0.1) is 0 Å². The van der Waals surface area contributed by atoms with E-state index in [2.05, 4.69) is 4.98 Å². The highest BCUT2D eigenvalue weighted by molar-refractivity contribution is 7.15. The summed E-state index contributed by atoms with van der Waals surface area (Å²) in [6.45, 7) is 1.83. The molecule has 2 aromatic rings. The smallest absolute Gasteiger partial charge is 0.155 e. The second-order valence-corrected chi connectivity index (χ2v) is 4.25. The number of hydrogen-bond acceptors (Lipinski definition) is 3. The van der Waals surface area contributed by atoms with Crippen LogP contribution in [0.5, 0.6) is 0 Å². The number of nitriles is 1. The monoisotopic (exact) mass is 218 g/mol. The van der Waals surface area contributed by atoms with E-state index < -0.39 is 0 Å². The maximum atomic E-state index is 13.0. The topological polar surface area (TPSA) is 36.7 Å². The highest BCUT2D eigenvalue weighted by Gasteiger charge is 2.08. The summed E-state index contributed by atoms with van der Waals surface area (Å²) < 4.78 is 13.0. The Balaban J connectivity index is 2.51. The number of rotatable bonds is 1. The van der Waals surface area contributed by atoms with Crippen molar-refractivity contribution in [1.82, 2.24) is 4.98 Å². The van der Waals surface area contributed by atoms with Crippen LogP contribution < -0.4 is 0 Å². The first-order valence-electron chi connectivity index (χ1n) is 4.34. The van der Waals surface area contributed by atoms with E-state index in [-0.39, 0.29) is 5.82 Å². The second kappa shape index (κ2) is 3.79. The molecule has 0 aliphatic carbocycles. The molecule has 2 rings (SSSR count). The number of aromatic nitrogens is 1. The Morgan fingerprint density at radius 1 is 1.47 bits per heavy atom. The Hall–Kier alpha value is -1.73. The fourth-order valence-corrected chi connectivity index (χ4v) is 2.10. The number of benzene rings is 1. The third-order valence-corrected chi connectivity index (χ3v) is 2.99. The number of aryl methyl sites for hydroxylation is 1. The summed E-state index contributed by atoms with van der Waals surface area (Å²) in [4.78, 5) is 4.99. The van der Waals surface area contributed by atoms with Crippen LogP contribution in [0.2, 0.25) is 0 Å². The number of halogens is 1. The van der Waals surface area contributed by atoms with E-state index in [9.17, 15) is 4.39 Å². The van der Waals surface area contributed by atoms with Crippen LogP contribution in [0.1, 0.15) is 10.6 Å². The van der Waals surface area contributed by atoms with Crippen LogP contribution >= 0.6 is 11.3 Å². The van der Waals surface area contributed by atoms with E-state index >= 15 is 0 Å². The summed E-state index contributed by atoms with van der Waals surface area (Å²) in [5.41, 5.74) is 1.13. The summed E-state index contributed by atoms with van der Waals surface area (Å²) in [7, 11) is 0. The molecule has 2 nitrogen and oxygen atoms in total. The molecular weight excluding hydrogens is 211 g/mol. The number of hydrogen-bond donors (Lipinski definition) is 0. The summed E-state index contributed by atoms with van der Waals surface area (Å²) in [5, 5.41) is 9.44. The van der Waals surface area contributed by atoms with Crippen molar-refractivity contribution in [2.75, 3.05) is 0 Å². The molecule has 0 saturated heterocycles. The minimum atomic E-state index is -0.293. The first-order valence-corrected chi connectivity index (χ1v) is 5.16. The molecule has 0 saturated carbocycles. The van der Waals surface area contributed by atoms with Crippen molar-refractivity contribution in [1.29, 1.82) is 5.26 Å². The van der Waals surface area contributed by atoms with Crippen LogP contribution in [0, 0.1) is 24.1 Å². The van der Waals surface area contributed by atoms with Crippen LogP contribution in [0.15, 0.2) is 24.3 Å². The Morgan fingerprint density at radius 3 is 2.87 bits per heavy atom. The van der Waals surface area contributed by atoms with Gasteiger partial charge in [0.1, 0.15) is 16.9 Å². The van der Waals surface area contributed by atoms with Crippen molar-refractivity contribution in [2.45, 2.75) is 6.92 Å². The van der Waals surface area contributed by atoms with Crippen LogP contribution in [0.3, 0.4) is 0 Å². The lowest BCUT2D eigenvalue weighted by atomic mass is 10.2. The molecule has 0 fully saturated rings. The molecule has 0 bridgehead atoms. The maximum Gasteiger partial charge on any atom is 0.155 e. The average molecular weight is 218 g/mol. The molecule has 0 amide bonds. The van der Waals surface area contributed by atoms with E-state index in [1.165, 1.54) is 23.5 Å². The number of nitrogens with zero attached hydrogens (tertiary/aromatic N) is 2. The van der Waals surface area contributed by atoms with Crippen LogP contribution in [-0.2, 0) is 0 Å². The first kappa shape index (κ1) is 9.81. The minimum Gasteiger partial charge on any atom is -0.225 e. The third kappa shape index (κ3) is 1.88. The van der Waals surface area contributed by atoms with E-state index in [1.54, 1.807) is 12.1 Å². The van der Waals surface area contributed by atoms with Gasteiger partial charge in [-0.05, 0) is 19.1 Å². The molecule has 0 radical (unpaired) electrons. The normalized spacial score (nSPS) is 9.93. The molecule has 0 N–H and O–H groups in total. The molecule has 4 heteroatoms. The van der Waals surface area contributed by atoms with Crippen molar-refractivity contribution >= 4 is 11.3 Å². The fourth-order valence-electron chi connectivity index (χ4n) is 1.25. The van der Waals surface area contributed by atoms with Crippen molar-refractivity contribution < 1.29 is 4.39 Å². The first-order chi connectivity index (χ1) is 7.20. The second-order valence-electron chi connectivity index (χ2n) is 3.05. The zero-order chi connectivity index (χ0) is 10.8. The van der Waals surface area contributed by atoms with Crippen LogP contribution in [0.25, 0.3) is 10.6 Å². The largest absolute Gasteiger partial charge is 0.225 e. The van der Waals surface area contributed by atoms with E-state index in [4.69, 9.17) is 5.26 Å². The van der Waals surface area contributed by atoms with Gasteiger partial charge in [0.25, 0.3) is 0 Å². The molecule has 0 unspecified atom stereocenters. The van der Waals surface area contributed by atoms with Crippen molar-refractivity contribution in [2.24, 2.45) is 0 Å². The predicted molar refractivity (Wildman–Crippen MR) is 57.0 cm³/mol. The van der Waals surface area contributed by atoms with Crippen molar-refractivity contribution in [3.8, 4) is 16.6 Å².